The number of benzene rings is 1. The van der Waals surface area contributed by atoms with Crippen molar-refractivity contribution in [3.05, 3.63) is 65.7 Å². The molecule has 1 N–H and O–H groups in total. The molecule has 1 aromatic heterocycles. The van der Waals surface area contributed by atoms with Gasteiger partial charge in [0.25, 0.3) is 0 Å². The van der Waals surface area contributed by atoms with Crippen molar-refractivity contribution in [3.8, 4) is 0 Å². The molecule has 2 aromatic rings. The van der Waals surface area contributed by atoms with Gasteiger partial charge in [-0.2, -0.15) is 0 Å². The number of aromatic nitrogens is 1. The summed E-state index contributed by atoms with van der Waals surface area (Å²) in [7, 11) is 0. The van der Waals surface area contributed by atoms with Gasteiger partial charge in [0, 0.05) is 38.3 Å². The lowest BCUT2D eigenvalue weighted by atomic mass is 9.75. The number of hydrogen-bond acceptors (Lipinski definition) is 5. The summed E-state index contributed by atoms with van der Waals surface area (Å²) in [6.07, 6.45) is 2.99. The zero-order valence-electron chi connectivity index (χ0n) is 18.3. The second-order valence-electron chi connectivity index (χ2n) is 8.39. The molecule has 1 aromatic carbocycles. The summed E-state index contributed by atoms with van der Waals surface area (Å²) in [5, 5.41) is 2.74. The Hall–Kier alpha value is -3.62. The molecule has 2 aliphatic heterocycles. The van der Waals surface area contributed by atoms with E-state index < -0.39 is 35.0 Å². The van der Waals surface area contributed by atoms with E-state index in [-0.39, 0.29) is 30.9 Å². The maximum absolute atomic E-state index is 14.2. The van der Waals surface area contributed by atoms with Crippen molar-refractivity contribution in [1.29, 1.82) is 0 Å². The van der Waals surface area contributed by atoms with Crippen molar-refractivity contribution >= 4 is 23.6 Å². The molecular weight excluding hydrogens is 427 g/mol. The third kappa shape index (κ3) is 4.22. The van der Waals surface area contributed by atoms with Gasteiger partial charge in [-0.25, -0.2) is 4.39 Å². The number of pyridine rings is 1. The second-order valence-corrected chi connectivity index (χ2v) is 8.39. The Morgan fingerprint density at radius 2 is 2.06 bits per heavy atom. The minimum absolute atomic E-state index is 0.0144. The van der Waals surface area contributed by atoms with Crippen molar-refractivity contribution in [2.24, 2.45) is 0 Å². The molecular formula is C24H25FN4O4. The third-order valence-electron chi connectivity index (χ3n) is 6.34. The molecule has 33 heavy (non-hydrogen) atoms. The quantitative estimate of drug-likeness (QED) is 0.671. The molecule has 2 saturated heterocycles. The summed E-state index contributed by atoms with van der Waals surface area (Å²) in [5.74, 6) is -2.21. The number of imide groups is 1. The SMILES string of the molecule is CC[C@H]1C(=O)NCCN1C(=O)C[C@@]1(c2cccc(F)c2)CC(=O)N(Cc2cccnc2)C1=O. The summed E-state index contributed by atoms with van der Waals surface area (Å²) in [5.41, 5.74) is -0.596. The van der Waals surface area contributed by atoms with Crippen LogP contribution in [0.5, 0.6) is 0 Å². The zero-order chi connectivity index (χ0) is 23.6. The predicted molar refractivity (Wildman–Crippen MR) is 116 cm³/mol. The van der Waals surface area contributed by atoms with Gasteiger partial charge in [-0.05, 0) is 35.7 Å². The Labute approximate surface area is 190 Å². The van der Waals surface area contributed by atoms with Crippen molar-refractivity contribution < 1.29 is 23.6 Å². The number of rotatable bonds is 6. The van der Waals surface area contributed by atoms with Crippen molar-refractivity contribution in [2.75, 3.05) is 13.1 Å². The maximum atomic E-state index is 14.2. The predicted octanol–water partition coefficient (Wildman–Crippen LogP) is 1.54. The molecule has 8 nitrogen and oxygen atoms in total. The van der Waals surface area contributed by atoms with Gasteiger partial charge in [0.2, 0.25) is 23.6 Å². The van der Waals surface area contributed by atoms with Crippen LogP contribution in [0.25, 0.3) is 0 Å². The number of nitrogens with one attached hydrogen (secondary N) is 1. The van der Waals surface area contributed by atoms with Crippen LogP contribution < -0.4 is 5.32 Å². The molecule has 0 radical (unpaired) electrons. The molecule has 172 valence electrons. The van der Waals surface area contributed by atoms with Gasteiger partial charge < -0.3 is 10.2 Å². The molecule has 2 aliphatic rings. The summed E-state index contributed by atoms with van der Waals surface area (Å²) in [6, 6.07) is 8.28. The van der Waals surface area contributed by atoms with E-state index in [0.717, 1.165) is 4.90 Å². The normalized spacial score (nSPS) is 23.1. The monoisotopic (exact) mass is 452 g/mol. The summed E-state index contributed by atoms with van der Waals surface area (Å²) in [6.45, 7) is 2.44. The van der Waals surface area contributed by atoms with Crippen LogP contribution in [0, 0.1) is 5.82 Å². The molecule has 0 spiro atoms. The smallest absolute Gasteiger partial charge is 0.242 e. The van der Waals surface area contributed by atoms with Gasteiger partial charge in [-0.15, -0.1) is 0 Å². The van der Waals surface area contributed by atoms with Gasteiger partial charge in [0.05, 0.1) is 12.0 Å². The van der Waals surface area contributed by atoms with E-state index in [1.807, 2.05) is 0 Å². The lowest BCUT2D eigenvalue weighted by Gasteiger charge is -2.37. The first kappa shape index (κ1) is 22.6. The van der Waals surface area contributed by atoms with E-state index >= 15 is 0 Å². The molecule has 3 heterocycles. The van der Waals surface area contributed by atoms with Crippen LogP contribution in [-0.2, 0) is 31.1 Å². The number of hydrogen-bond donors (Lipinski definition) is 1. The average molecular weight is 452 g/mol. The number of halogens is 1. The number of carbonyl (C=O) groups is 4. The van der Waals surface area contributed by atoms with Crippen LogP contribution >= 0.6 is 0 Å². The fraction of sp³-hybridized carbons (Fsp3) is 0.375. The van der Waals surface area contributed by atoms with E-state index in [9.17, 15) is 23.6 Å². The van der Waals surface area contributed by atoms with Crippen LogP contribution in [0.4, 0.5) is 4.39 Å². The van der Waals surface area contributed by atoms with Gasteiger partial charge in [-0.1, -0.05) is 25.1 Å². The minimum atomic E-state index is -1.54. The number of carbonyl (C=O) groups excluding carboxylic acids is 4. The van der Waals surface area contributed by atoms with Crippen molar-refractivity contribution in [1.82, 2.24) is 20.1 Å². The molecule has 2 fully saturated rings. The Kier molecular flexibility index (Phi) is 6.22. The Bertz CT molecular complexity index is 1090. The van der Waals surface area contributed by atoms with E-state index in [1.165, 1.54) is 23.1 Å². The molecule has 0 aliphatic carbocycles. The van der Waals surface area contributed by atoms with E-state index in [1.54, 1.807) is 37.5 Å². The first-order chi connectivity index (χ1) is 15.9. The van der Waals surface area contributed by atoms with Crippen LogP contribution in [0.1, 0.15) is 37.3 Å². The van der Waals surface area contributed by atoms with Crippen molar-refractivity contribution in [2.45, 2.75) is 44.2 Å². The lowest BCUT2D eigenvalue weighted by molar-refractivity contribution is -0.147. The van der Waals surface area contributed by atoms with Crippen LogP contribution in [0.2, 0.25) is 0 Å². The molecule has 0 unspecified atom stereocenters. The third-order valence-corrected chi connectivity index (χ3v) is 6.34. The molecule has 0 bridgehead atoms. The van der Waals surface area contributed by atoms with E-state index in [4.69, 9.17) is 0 Å². The first-order valence-corrected chi connectivity index (χ1v) is 10.9. The van der Waals surface area contributed by atoms with Crippen molar-refractivity contribution in [3.63, 3.8) is 0 Å². The Morgan fingerprint density at radius 3 is 2.76 bits per heavy atom. The van der Waals surface area contributed by atoms with E-state index in [2.05, 4.69) is 10.3 Å². The fourth-order valence-corrected chi connectivity index (χ4v) is 4.67. The number of likely N-dealkylation sites (tertiary alicyclic amines) is 1. The van der Waals surface area contributed by atoms with Gasteiger partial charge in [0.1, 0.15) is 11.9 Å². The van der Waals surface area contributed by atoms with Gasteiger partial charge in [-0.3, -0.25) is 29.1 Å². The lowest BCUT2D eigenvalue weighted by Crippen LogP contribution is -2.58. The standard InChI is InChI=1S/C24H25FN4O4/c1-2-19-22(32)27-9-10-28(19)20(30)12-24(17-6-3-7-18(25)11-17)13-21(31)29(23(24)33)15-16-5-4-8-26-14-16/h3-8,11,14,19H,2,9-10,12-13,15H2,1H3,(H,27,32)/t19-,24-/m0/s1. The van der Waals surface area contributed by atoms with Crippen LogP contribution in [0.3, 0.4) is 0 Å². The highest BCUT2D eigenvalue weighted by Gasteiger charge is 2.54. The molecule has 2 atom stereocenters. The second kappa shape index (κ2) is 9.09. The van der Waals surface area contributed by atoms with E-state index in [0.29, 0.717) is 25.1 Å². The largest absolute Gasteiger partial charge is 0.353 e. The highest BCUT2D eigenvalue weighted by Crippen LogP contribution is 2.41. The maximum Gasteiger partial charge on any atom is 0.242 e. The minimum Gasteiger partial charge on any atom is -0.353 e. The topological polar surface area (TPSA) is 99.7 Å². The molecule has 4 amide bonds. The van der Waals surface area contributed by atoms with Gasteiger partial charge in [0.15, 0.2) is 0 Å². The average Bonchev–Trinajstić information content (AvgIpc) is 3.04. The zero-order valence-corrected chi connectivity index (χ0v) is 18.3. The highest BCUT2D eigenvalue weighted by atomic mass is 19.1. The van der Waals surface area contributed by atoms with Gasteiger partial charge >= 0.3 is 0 Å². The summed E-state index contributed by atoms with van der Waals surface area (Å²) in [4.78, 5) is 58.9. The number of nitrogens with zero attached hydrogens (tertiary/aromatic N) is 3. The molecule has 4 rings (SSSR count). The first-order valence-electron chi connectivity index (χ1n) is 10.9. The van der Waals surface area contributed by atoms with Crippen LogP contribution in [-0.4, -0.2) is 57.5 Å². The highest BCUT2D eigenvalue weighted by molar-refractivity contribution is 6.10. The van der Waals surface area contributed by atoms with Crippen LogP contribution in [0.15, 0.2) is 48.8 Å². The summed E-state index contributed by atoms with van der Waals surface area (Å²) < 4.78 is 14.2. The number of amides is 4. The fourth-order valence-electron chi connectivity index (χ4n) is 4.67. The molecule has 0 saturated carbocycles. The Balaban J connectivity index is 1.69. The molecule has 9 heteroatoms. The Morgan fingerprint density at radius 1 is 1.24 bits per heavy atom. The number of piperazine rings is 1. The summed E-state index contributed by atoms with van der Waals surface area (Å²) >= 11 is 0.